The van der Waals surface area contributed by atoms with E-state index in [-0.39, 0.29) is 0 Å². The number of hydrogen-bond acceptors (Lipinski definition) is 3. The molecule has 0 saturated carbocycles. The summed E-state index contributed by atoms with van der Waals surface area (Å²) < 4.78 is 0. The zero-order valence-corrected chi connectivity index (χ0v) is 11.3. The molecule has 0 fully saturated rings. The predicted molar refractivity (Wildman–Crippen MR) is 78.1 cm³/mol. The third-order valence-electron chi connectivity index (χ3n) is 3.79. The molecule has 0 radical (unpaired) electrons. The van der Waals surface area contributed by atoms with Gasteiger partial charge in [-0.1, -0.05) is 24.3 Å². The average molecular weight is 253 g/mol. The van der Waals surface area contributed by atoms with E-state index < -0.39 is 0 Å². The molecule has 0 unspecified atom stereocenters. The molecule has 1 aliphatic rings. The van der Waals surface area contributed by atoms with Crippen molar-refractivity contribution in [1.29, 1.82) is 0 Å². The highest BCUT2D eigenvalue weighted by Crippen LogP contribution is 2.27. The van der Waals surface area contributed by atoms with Crippen LogP contribution in [0.3, 0.4) is 0 Å². The van der Waals surface area contributed by atoms with E-state index in [4.69, 9.17) is 5.73 Å². The Balaban J connectivity index is 1.95. The standard InChI is InChI=1S/C16H19N3/c1-12-8-16(15(9-17)10-18-12)19-7-6-13-4-2-3-5-14(13)11-19/h2-5,8,10H,6-7,9,11,17H2,1H3. The van der Waals surface area contributed by atoms with Gasteiger partial charge in [0.05, 0.1) is 0 Å². The van der Waals surface area contributed by atoms with Crippen LogP contribution in [0.25, 0.3) is 0 Å². The monoisotopic (exact) mass is 253 g/mol. The van der Waals surface area contributed by atoms with Gasteiger partial charge in [-0.05, 0) is 30.5 Å². The minimum absolute atomic E-state index is 0.542. The van der Waals surface area contributed by atoms with E-state index in [1.165, 1.54) is 16.8 Å². The van der Waals surface area contributed by atoms with Gasteiger partial charge in [0.2, 0.25) is 0 Å². The number of fused-ring (bicyclic) bond motifs is 1. The quantitative estimate of drug-likeness (QED) is 0.893. The molecule has 1 aromatic heterocycles. The van der Waals surface area contributed by atoms with E-state index >= 15 is 0 Å². The number of anilines is 1. The number of nitrogens with zero attached hydrogens (tertiary/aromatic N) is 2. The van der Waals surface area contributed by atoms with Crippen LogP contribution in [0, 0.1) is 6.92 Å². The summed E-state index contributed by atoms with van der Waals surface area (Å²) in [5, 5.41) is 0. The molecule has 98 valence electrons. The van der Waals surface area contributed by atoms with Gasteiger partial charge >= 0.3 is 0 Å². The third-order valence-corrected chi connectivity index (χ3v) is 3.79. The first kappa shape index (κ1) is 12.2. The van der Waals surface area contributed by atoms with Crippen LogP contribution >= 0.6 is 0 Å². The van der Waals surface area contributed by atoms with Crippen LogP contribution in [-0.4, -0.2) is 11.5 Å². The van der Waals surface area contributed by atoms with Crippen molar-refractivity contribution in [2.24, 2.45) is 5.73 Å². The first-order chi connectivity index (χ1) is 9.28. The molecule has 0 amide bonds. The minimum atomic E-state index is 0.542. The predicted octanol–water partition coefficient (Wildman–Crippen LogP) is 2.41. The number of nitrogens with two attached hydrogens (primary N) is 1. The summed E-state index contributed by atoms with van der Waals surface area (Å²) in [4.78, 5) is 6.76. The maximum Gasteiger partial charge on any atom is 0.0448 e. The lowest BCUT2D eigenvalue weighted by Gasteiger charge is -2.32. The molecule has 0 atom stereocenters. The van der Waals surface area contributed by atoms with Crippen molar-refractivity contribution in [3.05, 3.63) is 58.9 Å². The molecule has 2 N–H and O–H groups in total. The topological polar surface area (TPSA) is 42.1 Å². The molecular weight excluding hydrogens is 234 g/mol. The van der Waals surface area contributed by atoms with Gasteiger partial charge in [-0.2, -0.15) is 0 Å². The summed E-state index contributed by atoms with van der Waals surface area (Å²) in [6.45, 7) is 4.59. The van der Waals surface area contributed by atoms with Crippen LogP contribution in [0.2, 0.25) is 0 Å². The number of benzene rings is 1. The Hall–Kier alpha value is -1.87. The van der Waals surface area contributed by atoms with Gasteiger partial charge in [0.25, 0.3) is 0 Å². The van der Waals surface area contributed by atoms with Crippen molar-refractivity contribution in [2.75, 3.05) is 11.4 Å². The van der Waals surface area contributed by atoms with Gasteiger partial charge < -0.3 is 10.6 Å². The molecule has 3 heteroatoms. The number of hydrogen-bond donors (Lipinski definition) is 1. The normalized spacial score (nSPS) is 14.3. The molecule has 0 saturated heterocycles. The number of aryl methyl sites for hydroxylation is 1. The van der Waals surface area contributed by atoms with Gasteiger partial charge in [-0.3, -0.25) is 4.98 Å². The first-order valence-corrected chi connectivity index (χ1v) is 6.75. The van der Waals surface area contributed by atoms with Gasteiger partial charge in [-0.15, -0.1) is 0 Å². The molecule has 3 nitrogen and oxygen atoms in total. The summed E-state index contributed by atoms with van der Waals surface area (Å²) in [5.41, 5.74) is 12.1. The molecule has 1 aromatic carbocycles. The zero-order chi connectivity index (χ0) is 13.2. The Kier molecular flexibility index (Phi) is 3.22. The smallest absolute Gasteiger partial charge is 0.0448 e. The second-order valence-corrected chi connectivity index (χ2v) is 5.10. The Morgan fingerprint density at radius 2 is 2.05 bits per heavy atom. The van der Waals surface area contributed by atoms with Crippen molar-refractivity contribution in [3.8, 4) is 0 Å². The lowest BCUT2D eigenvalue weighted by Crippen LogP contribution is -2.31. The van der Waals surface area contributed by atoms with Crippen LogP contribution in [0.15, 0.2) is 36.5 Å². The fourth-order valence-corrected chi connectivity index (χ4v) is 2.73. The zero-order valence-electron chi connectivity index (χ0n) is 11.3. The average Bonchev–Trinajstić information content (AvgIpc) is 2.46. The Morgan fingerprint density at radius 1 is 1.26 bits per heavy atom. The van der Waals surface area contributed by atoms with Crippen LogP contribution in [0.4, 0.5) is 5.69 Å². The Morgan fingerprint density at radius 3 is 2.84 bits per heavy atom. The molecule has 2 heterocycles. The summed E-state index contributed by atoms with van der Waals surface area (Å²) in [6, 6.07) is 10.8. The molecule has 2 aromatic rings. The van der Waals surface area contributed by atoms with Crippen LogP contribution in [-0.2, 0) is 19.5 Å². The minimum Gasteiger partial charge on any atom is -0.367 e. The fourth-order valence-electron chi connectivity index (χ4n) is 2.73. The second-order valence-electron chi connectivity index (χ2n) is 5.10. The molecule has 1 aliphatic heterocycles. The largest absolute Gasteiger partial charge is 0.367 e. The molecular formula is C16H19N3. The summed E-state index contributed by atoms with van der Waals surface area (Å²) >= 11 is 0. The third kappa shape index (κ3) is 2.34. The Labute approximate surface area is 114 Å². The number of rotatable bonds is 2. The highest BCUT2D eigenvalue weighted by molar-refractivity contribution is 5.55. The molecule has 0 bridgehead atoms. The second kappa shape index (κ2) is 5.02. The summed E-state index contributed by atoms with van der Waals surface area (Å²) in [6.07, 6.45) is 3.01. The first-order valence-electron chi connectivity index (χ1n) is 6.75. The SMILES string of the molecule is Cc1cc(N2CCc3ccccc3C2)c(CN)cn1. The maximum absolute atomic E-state index is 5.84. The van der Waals surface area contributed by atoms with Gasteiger partial charge in [0.1, 0.15) is 0 Å². The van der Waals surface area contributed by atoms with Gasteiger partial charge in [0.15, 0.2) is 0 Å². The maximum atomic E-state index is 5.84. The highest BCUT2D eigenvalue weighted by Gasteiger charge is 2.18. The number of aromatic nitrogens is 1. The number of pyridine rings is 1. The highest BCUT2D eigenvalue weighted by atomic mass is 15.1. The van der Waals surface area contributed by atoms with E-state index in [0.29, 0.717) is 6.54 Å². The van der Waals surface area contributed by atoms with E-state index in [0.717, 1.165) is 30.8 Å². The van der Waals surface area contributed by atoms with Crippen molar-refractivity contribution in [1.82, 2.24) is 4.98 Å². The van der Waals surface area contributed by atoms with Crippen LogP contribution in [0.1, 0.15) is 22.4 Å². The van der Waals surface area contributed by atoms with Crippen molar-refractivity contribution in [2.45, 2.75) is 26.4 Å². The molecule has 3 rings (SSSR count). The lowest BCUT2D eigenvalue weighted by atomic mass is 9.99. The van der Waals surface area contributed by atoms with E-state index in [1.807, 2.05) is 13.1 Å². The van der Waals surface area contributed by atoms with Crippen LogP contribution in [0.5, 0.6) is 0 Å². The lowest BCUT2D eigenvalue weighted by molar-refractivity contribution is 0.725. The van der Waals surface area contributed by atoms with Gasteiger partial charge in [0, 0.05) is 42.8 Å². The molecule has 0 aliphatic carbocycles. The van der Waals surface area contributed by atoms with Crippen molar-refractivity contribution < 1.29 is 0 Å². The van der Waals surface area contributed by atoms with Gasteiger partial charge in [-0.25, -0.2) is 0 Å². The Bertz CT molecular complexity index is 592. The summed E-state index contributed by atoms with van der Waals surface area (Å²) in [7, 11) is 0. The van der Waals surface area contributed by atoms with E-state index in [1.54, 1.807) is 0 Å². The van der Waals surface area contributed by atoms with E-state index in [2.05, 4.69) is 40.2 Å². The fraction of sp³-hybridized carbons (Fsp3) is 0.312. The molecule has 0 spiro atoms. The van der Waals surface area contributed by atoms with E-state index in [9.17, 15) is 0 Å². The summed E-state index contributed by atoms with van der Waals surface area (Å²) in [5.74, 6) is 0. The van der Waals surface area contributed by atoms with Crippen molar-refractivity contribution >= 4 is 5.69 Å². The molecule has 19 heavy (non-hydrogen) atoms. The van der Waals surface area contributed by atoms with Crippen LogP contribution < -0.4 is 10.6 Å². The van der Waals surface area contributed by atoms with Crippen molar-refractivity contribution in [3.63, 3.8) is 0 Å².